The minimum Gasteiger partial charge on any atom is -0.478 e. The second-order valence-electron chi connectivity index (χ2n) is 4.65. The number of carbonyl (C=O) groups is 2. The molecule has 1 aliphatic rings. The molecule has 1 N–H and O–H groups in total. The van der Waals surface area contributed by atoms with Gasteiger partial charge in [0.2, 0.25) is 5.91 Å². The Morgan fingerprint density at radius 1 is 1.22 bits per heavy atom. The van der Waals surface area contributed by atoms with E-state index < -0.39 is 5.97 Å². The van der Waals surface area contributed by atoms with Gasteiger partial charge in [0, 0.05) is 13.0 Å². The van der Waals surface area contributed by atoms with Gasteiger partial charge in [0.15, 0.2) is 0 Å². The van der Waals surface area contributed by atoms with Crippen LogP contribution < -0.4 is 4.90 Å². The Labute approximate surface area is 106 Å². The first-order valence-corrected chi connectivity index (χ1v) is 6.23. The van der Waals surface area contributed by atoms with Gasteiger partial charge in [-0.15, -0.1) is 0 Å². The van der Waals surface area contributed by atoms with Gasteiger partial charge in [-0.3, -0.25) is 4.79 Å². The zero-order valence-electron chi connectivity index (χ0n) is 10.4. The number of aromatic carboxylic acids is 1. The zero-order chi connectivity index (χ0) is 13.1. The Bertz CT molecular complexity index is 464. The lowest BCUT2D eigenvalue weighted by Crippen LogP contribution is -2.38. The Morgan fingerprint density at radius 3 is 2.39 bits per heavy atom. The van der Waals surface area contributed by atoms with Crippen molar-refractivity contribution in [3.05, 3.63) is 29.8 Å². The number of benzene rings is 1. The first-order chi connectivity index (χ1) is 8.61. The first-order valence-electron chi connectivity index (χ1n) is 6.23. The normalized spacial score (nSPS) is 15.6. The standard InChI is InChI=1S/C14H17NO3/c1-10(16)15(11-6-2-3-7-11)13-9-5-4-8-12(13)14(17)18/h4-5,8-9,11H,2-3,6-7H2,1H3,(H,17,18). The van der Waals surface area contributed by atoms with Gasteiger partial charge in [-0.2, -0.15) is 0 Å². The van der Waals surface area contributed by atoms with E-state index in [9.17, 15) is 14.7 Å². The summed E-state index contributed by atoms with van der Waals surface area (Å²) in [7, 11) is 0. The van der Waals surface area contributed by atoms with E-state index in [1.165, 1.54) is 6.92 Å². The average molecular weight is 247 g/mol. The van der Waals surface area contributed by atoms with Crippen molar-refractivity contribution in [3.8, 4) is 0 Å². The second kappa shape index (κ2) is 5.21. The minimum absolute atomic E-state index is 0.0874. The molecule has 0 bridgehead atoms. The Kier molecular flexibility index (Phi) is 3.65. The molecule has 4 heteroatoms. The second-order valence-corrected chi connectivity index (χ2v) is 4.65. The molecular formula is C14H17NO3. The van der Waals surface area contributed by atoms with Crippen molar-refractivity contribution < 1.29 is 14.7 Å². The van der Waals surface area contributed by atoms with Gasteiger partial charge in [0.05, 0.1) is 11.3 Å². The zero-order valence-corrected chi connectivity index (χ0v) is 10.4. The highest BCUT2D eigenvalue weighted by Crippen LogP contribution is 2.30. The number of anilines is 1. The number of nitrogens with zero attached hydrogens (tertiary/aromatic N) is 1. The lowest BCUT2D eigenvalue weighted by atomic mass is 10.1. The monoisotopic (exact) mass is 247 g/mol. The topological polar surface area (TPSA) is 57.6 Å². The summed E-state index contributed by atoms with van der Waals surface area (Å²) >= 11 is 0. The highest BCUT2D eigenvalue weighted by Gasteiger charge is 2.28. The van der Waals surface area contributed by atoms with E-state index in [4.69, 9.17) is 0 Å². The number of hydrogen-bond acceptors (Lipinski definition) is 2. The van der Waals surface area contributed by atoms with Gasteiger partial charge < -0.3 is 10.0 Å². The molecule has 96 valence electrons. The highest BCUT2D eigenvalue weighted by molar-refractivity contribution is 6.01. The van der Waals surface area contributed by atoms with Crippen LogP contribution >= 0.6 is 0 Å². The summed E-state index contributed by atoms with van der Waals surface area (Å²) in [5.41, 5.74) is 0.712. The maximum Gasteiger partial charge on any atom is 0.337 e. The molecule has 0 aliphatic heterocycles. The van der Waals surface area contributed by atoms with E-state index in [1.54, 1.807) is 29.2 Å². The van der Waals surface area contributed by atoms with Crippen molar-refractivity contribution in [2.45, 2.75) is 38.6 Å². The molecule has 18 heavy (non-hydrogen) atoms. The molecule has 1 saturated carbocycles. The van der Waals surface area contributed by atoms with Crippen LogP contribution in [0, 0.1) is 0 Å². The molecule has 4 nitrogen and oxygen atoms in total. The molecule has 2 rings (SSSR count). The summed E-state index contributed by atoms with van der Waals surface area (Å²) in [5.74, 6) is -1.08. The van der Waals surface area contributed by atoms with Crippen molar-refractivity contribution in [2.24, 2.45) is 0 Å². The van der Waals surface area contributed by atoms with Crippen molar-refractivity contribution in [1.29, 1.82) is 0 Å². The van der Waals surface area contributed by atoms with Gasteiger partial charge in [0.1, 0.15) is 0 Å². The molecule has 0 radical (unpaired) electrons. The average Bonchev–Trinajstić information content (AvgIpc) is 2.83. The predicted octanol–water partition coefficient (Wildman–Crippen LogP) is 2.68. The van der Waals surface area contributed by atoms with Crippen LogP contribution in [0.15, 0.2) is 24.3 Å². The first kappa shape index (κ1) is 12.6. The lowest BCUT2D eigenvalue weighted by molar-refractivity contribution is -0.117. The van der Waals surface area contributed by atoms with Crippen LogP contribution in [-0.2, 0) is 4.79 Å². The number of para-hydroxylation sites is 1. The van der Waals surface area contributed by atoms with Crippen LogP contribution in [0.4, 0.5) is 5.69 Å². The third-order valence-electron chi connectivity index (χ3n) is 3.42. The van der Waals surface area contributed by atoms with Crippen LogP contribution in [0.25, 0.3) is 0 Å². The van der Waals surface area contributed by atoms with Gasteiger partial charge in [0.25, 0.3) is 0 Å². The van der Waals surface area contributed by atoms with Crippen molar-refractivity contribution >= 4 is 17.6 Å². The fraction of sp³-hybridized carbons (Fsp3) is 0.429. The van der Waals surface area contributed by atoms with Crippen LogP contribution in [0.1, 0.15) is 43.0 Å². The molecule has 1 aromatic carbocycles. The summed E-state index contributed by atoms with van der Waals surface area (Å²) in [4.78, 5) is 24.7. The van der Waals surface area contributed by atoms with E-state index in [2.05, 4.69) is 0 Å². The fourth-order valence-corrected chi connectivity index (χ4v) is 2.65. The molecule has 0 saturated heterocycles. The van der Waals surface area contributed by atoms with Crippen molar-refractivity contribution in [1.82, 2.24) is 0 Å². The molecule has 0 spiro atoms. The minimum atomic E-state index is -0.991. The van der Waals surface area contributed by atoms with E-state index in [1.807, 2.05) is 0 Å². The van der Waals surface area contributed by atoms with Gasteiger partial charge in [-0.1, -0.05) is 25.0 Å². The summed E-state index contributed by atoms with van der Waals surface area (Å²) in [5, 5.41) is 9.20. The van der Waals surface area contributed by atoms with E-state index in [0.717, 1.165) is 25.7 Å². The van der Waals surface area contributed by atoms with Crippen molar-refractivity contribution in [3.63, 3.8) is 0 Å². The maximum absolute atomic E-state index is 11.8. The lowest BCUT2D eigenvalue weighted by Gasteiger charge is -2.29. The fourth-order valence-electron chi connectivity index (χ4n) is 2.65. The highest BCUT2D eigenvalue weighted by atomic mass is 16.4. The van der Waals surface area contributed by atoms with Gasteiger partial charge in [-0.05, 0) is 25.0 Å². The summed E-state index contributed by atoms with van der Waals surface area (Å²) in [6, 6.07) is 6.85. The molecule has 0 heterocycles. The van der Waals surface area contributed by atoms with Gasteiger partial charge >= 0.3 is 5.97 Å². The van der Waals surface area contributed by atoms with Gasteiger partial charge in [-0.25, -0.2) is 4.79 Å². The summed E-state index contributed by atoms with van der Waals surface area (Å²) < 4.78 is 0. The number of carboxylic acid groups (broad SMARTS) is 1. The summed E-state index contributed by atoms with van der Waals surface area (Å²) in [6.45, 7) is 1.50. The quantitative estimate of drug-likeness (QED) is 0.893. The molecule has 0 atom stereocenters. The molecule has 0 aromatic heterocycles. The summed E-state index contributed by atoms with van der Waals surface area (Å²) in [6.07, 6.45) is 4.11. The van der Waals surface area contributed by atoms with Crippen LogP contribution in [0.5, 0.6) is 0 Å². The van der Waals surface area contributed by atoms with Crippen LogP contribution in [0.3, 0.4) is 0 Å². The molecule has 1 aliphatic carbocycles. The molecule has 1 aromatic rings. The maximum atomic E-state index is 11.8. The number of hydrogen-bond donors (Lipinski definition) is 1. The predicted molar refractivity (Wildman–Crippen MR) is 68.8 cm³/mol. The van der Waals surface area contributed by atoms with Crippen LogP contribution in [0.2, 0.25) is 0 Å². The SMILES string of the molecule is CC(=O)N(c1ccccc1C(=O)O)C1CCCC1. The Morgan fingerprint density at radius 2 is 1.83 bits per heavy atom. The smallest absolute Gasteiger partial charge is 0.337 e. The van der Waals surface area contributed by atoms with E-state index >= 15 is 0 Å². The number of carboxylic acids is 1. The molecular weight excluding hydrogens is 230 g/mol. The number of amides is 1. The van der Waals surface area contributed by atoms with E-state index in [-0.39, 0.29) is 17.5 Å². The Hall–Kier alpha value is -1.84. The Balaban J connectivity index is 2.42. The van der Waals surface area contributed by atoms with E-state index in [0.29, 0.717) is 5.69 Å². The third-order valence-corrected chi connectivity index (χ3v) is 3.42. The molecule has 1 amide bonds. The van der Waals surface area contributed by atoms with Crippen LogP contribution in [-0.4, -0.2) is 23.0 Å². The largest absolute Gasteiger partial charge is 0.478 e. The number of rotatable bonds is 3. The molecule has 0 unspecified atom stereocenters. The molecule has 1 fully saturated rings. The van der Waals surface area contributed by atoms with Crippen molar-refractivity contribution in [2.75, 3.05) is 4.90 Å². The number of carbonyl (C=O) groups excluding carboxylic acids is 1. The third kappa shape index (κ3) is 2.37.